The van der Waals surface area contributed by atoms with E-state index in [0.717, 1.165) is 24.1 Å². The van der Waals surface area contributed by atoms with Crippen molar-refractivity contribution in [3.63, 3.8) is 0 Å². The Bertz CT molecular complexity index is 1400. The molecule has 9 nitrogen and oxygen atoms in total. The van der Waals surface area contributed by atoms with E-state index in [2.05, 4.69) is 5.10 Å². The SMILES string of the molecule is CCOC(=O)c1nn(-c2ccc(OC)cc2)c2c1CCN(c1ccc(C3(C(C)(C)C(N)=O)CC3)cc1)C2=O. The summed E-state index contributed by atoms with van der Waals surface area (Å²) in [5, 5.41) is 4.52. The summed E-state index contributed by atoms with van der Waals surface area (Å²) >= 11 is 0. The minimum atomic E-state index is -0.668. The van der Waals surface area contributed by atoms with Gasteiger partial charge in [-0.15, -0.1) is 0 Å². The Kier molecular flexibility index (Phi) is 6.25. The van der Waals surface area contributed by atoms with E-state index in [0.29, 0.717) is 35.7 Å². The third-order valence-corrected chi connectivity index (χ3v) is 8.10. The fourth-order valence-electron chi connectivity index (χ4n) is 5.48. The van der Waals surface area contributed by atoms with E-state index in [1.165, 1.54) is 4.68 Å². The van der Waals surface area contributed by atoms with Crippen molar-refractivity contribution in [1.29, 1.82) is 0 Å². The minimum absolute atomic E-state index is 0.158. The van der Waals surface area contributed by atoms with Crippen LogP contribution in [0.3, 0.4) is 0 Å². The van der Waals surface area contributed by atoms with Crippen molar-refractivity contribution in [2.45, 2.75) is 45.4 Å². The topological polar surface area (TPSA) is 117 Å². The van der Waals surface area contributed by atoms with Crippen molar-refractivity contribution < 1.29 is 23.9 Å². The molecule has 0 atom stereocenters. The molecule has 1 aliphatic carbocycles. The number of aromatic nitrogens is 2. The monoisotopic (exact) mass is 516 g/mol. The van der Waals surface area contributed by atoms with E-state index in [9.17, 15) is 14.4 Å². The van der Waals surface area contributed by atoms with Crippen molar-refractivity contribution in [2.75, 3.05) is 25.2 Å². The molecule has 5 rings (SSSR count). The molecule has 1 aromatic heterocycles. The maximum atomic E-state index is 13.9. The average molecular weight is 517 g/mol. The minimum Gasteiger partial charge on any atom is -0.497 e. The first kappa shape index (κ1) is 25.5. The molecule has 0 spiro atoms. The van der Waals surface area contributed by atoms with Gasteiger partial charge in [0, 0.05) is 23.2 Å². The first-order chi connectivity index (χ1) is 18.1. The molecule has 3 aromatic rings. The lowest BCUT2D eigenvalue weighted by Gasteiger charge is -2.33. The second kappa shape index (κ2) is 9.31. The maximum absolute atomic E-state index is 13.9. The Hall–Kier alpha value is -4.14. The lowest BCUT2D eigenvalue weighted by atomic mass is 9.71. The molecule has 1 saturated carbocycles. The largest absolute Gasteiger partial charge is 0.497 e. The van der Waals surface area contributed by atoms with Gasteiger partial charge in [-0.05, 0) is 68.1 Å². The number of nitrogens with two attached hydrogens (primary N) is 1. The second-order valence-corrected chi connectivity index (χ2v) is 10.3. The molecule has 0 saturated heterocycles. The Morgan fingerprint density at radius 1 is 1.05 bits per heavy atom. The molecule has 2 heterocycles. The third kappa shape index (κ3) is 3.93. The number of nitrogens with zero attached hydrogens (tertiary/aromatic N) is 3. The number of hydrogen-bond donors (Lipinski definition) is 1. The van der Waals surface area contributed by atoms with Crippen LogP contribution in [0.2, 0.25) is 0 Å². The highest BCUT2D eigenvalue weighted by atomic mass is 16.5. The van der Waals surface area contributed by atoms with Crippen molar-refractivity contribution in [3.8, 4) is 11.4 Å². The highest BCUT2D eigenvalue weighted by Crippen LogP contribution is 2.59. The molecule has 38 heavy (non-hydrogen) atoms. The number of rotatable bonds is 8. The first-order valence-corrected chi connectivity index (χ1v) is 12.8. The van der Waals surface area contributed by atoms with E-state index in [4.69, 9.17) is 15.2 Å². The summed E-state index contributed by atoms with van der Waals surface area (Å²) in [5.74, 6) is -0.451. The number of fused-ring (bicyclic) bond motifs is 1. The predicted octanol–water partition coefficient (Wildman–Crippen LogP) is 3.80. The zero-order valence-electron chi connectivity index (χ0n) is 22.1. The Balaban J connectivity index is 1.51. The summed E-state index contributed by atoms with van der Waals surface area (Å²) in [6.07, 6.45) is 2.24. The van der Waals surface area contributed by atoms with Crippen molar-refractivity contribution >= 4 is 23.5 Å². The highest BCUT2D eigenvalue weighted by Gasteiger charge is 2.58. The van der Waals surface area contributed by atoms with Crippen LogP contribution in [0.15, 0.2) is 48.5 Å². The highest BCUT2D eigenvalue weighted by molar-refractivity contribution is 6.09. The van der Waals surface area contributed by atoms with Gasteiger partial charge in [-0.3, -0.25) is 9.59 Å². The van der Waals surface area contributed by atoms with Crippen LogP contribution in [0, 0.1) is 5.41 Å². The van der Waals surface area contributed by atoms with Gasteiger partial charge in [0.2, 0.25) is 5.91 Å². The molecule has 0 bridgehead atoms. The fourth-order valence-corrected chi connectivity index (χ4v) is 5.48. The van der Waals surface area contributed by atoms with E-state index in [1.807, 2.05) is 38.1 Å². The third-order valence-electron chi connectivity index (χ3n) is 8.10. The van der Waals surface area contributed by atoms with Crippen LogP contribution in [0.5, 0.6) is 5.75 Å². The molecule has 2 amide bonds. The summed E-state index contributed by atoms with van der Waals surface area (Å²) in [6.45, 7) is 6.13. The average Bonchev–Trinajstić information content (AvgIpc) is 3.64. The summed E-state index contributed by atoms with van der Waals surface area (Å²) in [6, 6.07) is 14.9. The Morgan fingerprint density at radius 2 is 1.68 bits per heavy atom. The van der Waals surface area contributed by atoms with E-state index < -0.39 is 11.4 Å². The van der Waals surface area contributed by atoms with Gasteiger partial charge in [0.05, 0.1) is 24.8 Å². The molecule has 2 aromatic carbocycles. The van der Waals surface area contributed by atoms with Crippen LogP contribution in [0.1, 0.15) is 65.7 Å². The number of carbonyl (C=O) groups excluding carboxylic acids is 3. The number of anilines is 1. The number of benzene rings is 2. The molecular formula is C29H32N4O5. The van der Waals surface area contributed by atoms with Crippen LogP contribution < -0.4 is 15.4 Å². The maximum Gasteiger partial charge on any atom is 0.359 e. The van der Waals surface area contributed by atoms with Crippen molar-refractivity contribution in [2.24, 2.45) is 11.1 Å². The molecule has 9 heteroatoms. The number of methoxy groups -OCH3 is 1. The normalized spacial score (nSPS) is 16.1. The summed E-state index contributed by atoms with van der Waals surface area (Å²) in [7, 11) is 1.58. The number of amides is 2. The predicted molar refractivity (Wildman–Crippen MR) is 142 cm³/mol. The summed E-state index contributed by atoms with van der Waals surface area (Å²) in [5.41, 5.74) is 8.26. The zero-order valence-corrected chi connectivity index (χ0v) is 22.1. The number of carbonyl (C=O) groups is 3. The molecule has 1 fully saturated rings. The Morgan fingerprint density at radius 3 is 2.24 bits per heavy atom. The van der Waals surface area contributed by atoms with E-state index in [-0.39, 0.29) is 29.5 Å². The van der Waals surface area contributed by atoms with E-state index in [1.54, 1.807) is 43.2 Å². The van der Waals surface area contributed by atoms with Crippen LogP contribution >= 0.6 is 0 Å². The van der Waals surface area contributed by atoms with Gasteiger partial charge in [-0.25, -0.2) is 9.48 Å². The van der Waals surface area contributed by atoms with Crippen LogP contribution in [-0.4, -0.2) is 47.8 Å². The Labute approximate surface area is 221 Å². The van der Waals surface area contributed by atoms with Crippen LogP contribution in [0.4, 0.5) is 5.69 Å². The van der Waals surface area contributed by atoms with Gasteiger partial charge >= 0.3 is 5.97 Å². The van der Waals surface area contributed by atoms with Crippen LogP contribution in [0.25, 0.3) is 5.69 Å². The van der Waals surface area contributed by atoms with Crippen molar-refractivity contribution in [1.82, 2.24) is 9.78 Å². The number of ether oxygens (including phenoxy) is 2. The van der Waals surface area contributed by atoms with Crippen molar-refractivity contribution in [3.05, 3.63) is 71.0 Å². The van der Waals surface area contributed by atoms with Gasteiger partial charge in [0.25, 0.3) is 5.91 Å². The van der Waals surface area contributed by atoms with Gasteiger partial charge in [-0.2, -0.15) is 5.10 Å². The first-order valence-electron chi connectivity index (χ1n) is 12.8. The number of esters is 1. The molecular weight excluding hydrogens is 484 g/mol. The van der Waals surface area contributed by atoms with Gasteiger partial charge in [0.15, 0.2) is 5.69 Å². The number of hydrogen-bond acceptors (Lipinski definition) is 6. The van der Waals surface area contributed by atoms with Crippen LogP contribution in [-0.2, 0) is 21.4 Å². The molecule has 0 radical (unpaired) electrons. The number of primary amides is 1. The van der Waals surface area contributed by atoms with Gasteiger partial charge in [-0.1, -0.05) is 26.0 Å². The fraction of sp³-hybridized carbons (Fsp3) is 0.379. The molecule has 2 aliphatic rings. The lowest BCUT2D eigenvalue weighted by molar-refractivity contribution is -0.127. The standard InChI is InChI=1S/C29H32N4O5/c1-5-38-26(35)23-22-14-17-32(25(34)24(22)33(31-23)20-10-12-21(37-4)13-11-20)19-8-6-18(7-9-19)29(15-16-29)28(2,3)27(30)36/h6-13H,5,14-17H2,1-4H3,(H2,30,36). The van der Waals surface area contributed by atoms with E-state index >= 15 is 0 Å². The zero-order chi connectivity index (χ0) is 27.2. The lowest BCUT2D eigenvalue weighted by Crippen LogP contribution is -2.42. The summed E-state index contributed by atoms with van der Waals surface area (Å²) in [4.78, 5) is 40.5. The molecule has 198 valence electrons. The smallest absolute Gasteiger partial charge is 0.359 e. The van der Waals surface area contributed by atoms with Gasteiger partial charge < -0.3 is 20.1 Å². The quantitative estimate of drug-likeness (QED) is 0.455. The molecule has 1 aliphatic heterocycles. The summed E-state index contributed by atoms with van der Waals surface area (Å²) < 4.78 is 12.0. The van der Waals surface area contributed by atoms with Gasteiger partial charge in [0.1, 0.15) is 11.4 Å². The molecule has 2 N–H and O–H groups in total. The molecule has 0 unspecified atom stereocenters. The second-order valence-electron chi connectivity index (χ2n) is 10.3.